The van der Waals surface area contributed by atoms with E-state index in [0.717, 1.165) is 32.5 Å². The molecule has 1 aromatic carbocycles. The third-order valence-corrected chi connectivity index (χ3v) is 4.24. The quantitative estimate of drug-likeness (QED) is 0.668. The maximum atomic E-state index is 11.3. The van der Waals surface area contributed by atoms with Crippen molar-refractivity contribution in [2.45, 2.75) is 32.7 Å². The molecule has 0 spiro atoms. The molecule has 0 amide bonds. The van der Waals surface area contributed by atoms with Gasteiger partial charge < -0.3 is 10.2 Å². The molecule has 1 aliphatic heterocycles. The van der Waals surface area contributed by atoms with Crippen LogP contribution in [0, 0.1) is 16.0 Å². The van der Waals surface area contributed by atoms with Crippen molar-refractivity contribution in [1.82, 2.24) is 5.32 Å². The maximum Gasteiger partial charge on any atom is 0.310 e. The number of halogens is 1. The number of nitro groups is 1. The number of nitro benzene ring substituents is 1. The normalized spacial score (nSPS) is 18.8. The Morgan fingerprint density at radius 3 is 2.86 bits per heavy atom. The highest BCUT2D eigenvalue weighted by molar-refractivity contribution is 6.33. The lowest BCUT2D eigenvalue weighted by molar-refractivity contribution is -0.384. The fourth-order valence-electron chi connectivity index (χ4n) is 2.86. The molecule has 0 aliphatic carbocycles. The summed E-state index contributed by atoms with van der Waals surface area (Å²) in [5.74, 6) is 0.514. The van der Waals surface area contributed by atoms with Gasteiger partial charge in [-0.05, 0) is 57.8 Å². The number of anilines is 1. The van der Waals surface area contributed by atoms with E-state index in [1.165, 1.54) is 0 Å². The molecule has 1 atom stereocenters. The van der Waals surface area contributed by atoms with Gasteiger partial charge in [0, 0.05) is 12.6 Å². The van der Waals surface area contributed by atoms with Crippen molar-refractivity contribution in [2.24, 2.45) is 5.92 Å². The summed E-state index contributed by atoms with van der Waals surface area (Å²) in [6.07, 6.45) is 2.32. The third-order valence-electron chi connectivity index (χ3n) is 3.93. The van der Waals surface area contributed by atoms with Crippen LogP contribution in [0.3, 0.4) is 0 Å². The molecule has 1 aromatic rings. The average molecular weight is 312 g/mol. The highest BCUT2D eigenvalue weighted by Gasteiger charge is 2.27. The summed E-state index contributed by atoms with van der Waals surface area (Å²) in [6, 6.07) is 5.33. The fraction of sp³-hybridized carbons (Fsp3) is 0.600. The van der Waals surface area contributed by atoms with Gasteiger partial charge in [-0.15, -0.1) is 0 Å². The van der Waals surface area contributed by atoms with E-state index in [1.807, 2.05) is 0 Å². The molecule has 6 heteroatoms. The number of hydrogen-bond donors (Lipinski definition) is 1. The molecule has 1 heterocycles. The predicted molar refractivity (Wildman–Crippen MR) is 86.2 cm³/mol. The predicted octanol–water partition coefficient (Wildman–Crippen LogP) is 3.46. The molecule has 1 fully saturated rings. The standard InChI is InChI=1S/C15H22ClN3O2/c1-11(2)18(10-12-5-4-8-17-9-12)14-7-3-6-13(16)15(14)19(20)21/h3,6-7,11-12,17H,4-5,8-10H2,1-2H3. The second-order valence-electron chi connectivity index (χ2n) is 5.82. The first-order chi connectivity index (χ1) is 10.0. The highest BCUT2D eigenvalue weighted by atomic mass is 35.5. The molecule has 1 saturated heterocycles. The van der Waals surface area contributed by atoms with Crippen LogP contribution < -0.4 is 10.2 Å². The first kappa shape index (κ1) is 16.0. The molecule has 1 N–H and O–H groups in total. The van der Waals surface area contributed by atoms with Crippen molar-refractivity contribution in [3.05, 3.63) is 33.3 Å². The maximum absolute atomic E-state index is 11.3. The summed E-state index contributed by atoms with van der Waals surface area (Å²) in [6.45, 7) is 6.96. The van der Waals surface area contributed by atoms with Crippen molar-refractivity contribution in [3.63, 3.8) is 0 Å². The molecule has 2 rings (SSSR count). The van der Waals surface area contributed by atoms with E-state index in [0.29, 0.717) is 11.6 Å². The van der Waals surface area contributed by atoms with E-state index in [-0.39, 0.29) is 21.7 Å². The summed E-state index contributed by atoms with van der Waals surface area (Å²) in [5, 5.41) is 14.9. The van der Waals surface area contributed by atoms with E-state index in [4.69, 9.17) is 11.6 Å². The molecule has 5 nitrogen and oxygen atoms in total. The number of rotatable bonds is 5. The minimum Gasteiger partial charge on any atom is -0.363 e. The first-order valence-electron chi connectivity index (χ1n) is 7.41. The average Bonchev–Trinajstić information content (AvgIpc) is 2.45. The number of nitrogens with zero attached hydrogens (tertiary/aromatic N) is 2. The number of benzene rings is 1. The molecule has 1 aliphatic rings. The van der Waals surface area contributed by atoms with Crippen molar-refractivity contribution in [1.29, 1.82) is 0 Å². The van der Waals surface area contributed by atoms with Gasteiger partial charge >= 0.3 is 5.69 Å². The van der Waals surface area contributed by atoms with Crippen LogP contribution in [0.5, 0.6) is 0 Å². The second kappa shape index (κ2) is 7.09. The van der Waals surface area contributed by atoms with Crippen LogP contribution >= 0.6 is 11.6 Å². The second-order valence-corrected chi connectivity index (χ2v) is 6.23. The smallest absolute Gasteiger partial charge is 0.310 e. The molecular formula is C15H22ClN3O2. The first-order valence-corrected chi connectivity index (χ1v) is 7.78. The highest BCUT2D eigenvalue weighted by Crippen LogP contribution is 2.36. The van der Waals surface area contributed by atoms with Crippen molar-refractivity contribution >= 4 is 23.0 Å². The van der Waals surface area contributed by atoms with Gasteiger partial charge in [0.15, 0.2) is 0 Å². The zero-order chi connectivity index (χ0) is 15.4. The lowest BCUT2D eigenvalue weighted by atomic mass is 9.98. The Labute approximate surface area is 130 Å². The van der Waals surface area contributed by atoms with Crippen LogP contribution in [0.1, 0.15) is 26.7 Å². The molecule has 0 saturated carbocycles. The lowest BCUT2D eigenvalue weighted by Crippen LogP contribution is -2.41. The molecule has 1 unspecified atom stereocenters. The van der Waals surface area contributed by atoms with Crippen LogP contribution in [0.2, 0.25) is 5.02 Å². The van der Waals surface area contributed by atoms with Crippen LogP contribution in [0.15, 0.2) is 18.2 Å². The molecule has 116 valence electrons. The van der Waals surface area contributed by atoms with Gasteiger partial charge in [0.2, 0.25) is 0 Å². The van der Waals surface area contributed by atoms with Crippen molar-refractivity contribution in [3.8, 4) is 0 Å². The van der Waals surface area contributed by atoms with E-state index < -0.39 is 0 Å². The van der Waals surface area contributed by atoms with E-state index >= 15 is 0 Å². The minimum absolute atomic E-state index is 0.0108. The Kier molecular flexibility index (Phi) is 5.42. The van der Waals surface area contributed by atoms with Gasteiger partial charge in [0.1, 0.15) is 10.7 Å². The molecular weight excluding hydrogens is 290 g/mol. The molecule has 0 radical (unpaired) electrons. The van der Waals surface area contributed by atoms with Crippen LogP contribution in [-0.2, 0) is 0 Å². The fourth-order valence-corrected chi connectivity index (χ4v) is 3.10. The number of para-hydroxylation sites is 1. The van der Waals surface area contributed by atoms with Gasteiger partial charge in [-0.2, -0.15) is 0 Å². The minimum atomic E-state index is -0.383. The Bertz CT molecular complexity index is 502. The van der Waals surface area contributed by atoms with Crippen LogP contribution in [0.4, 0.5) is 11.4 Å². The topological polar surface area (TPSA) is 58.4 Å². The largest absolute Gasteiger partial charge is 0.363 e. The van der Waals surface area contributed by atoms with Crippen LogP contribution in [0.25, 0.3) is 0 Å². The van der Waals surface area contributed by atoms with E-state index in [1.54, 1.807) is 18.2 Å². The van der Waals surface area contributed by atoms with Crippen molar-refractivity contribution < 1.29 is 4.92 Å². The van der Waals surface area contributed by atoms with Gasteiger partial charge in [0.25, 0.3) is 0 Å². The van der Waals surface area contributed by atoms with Gasteiger partial charge in [-0.25, -0.2) is 0 Å². The number of piperidine rings is 1. The Balaban J connectivity index is 2.29. The summed E-state index contributed by atoms with van der Waals surface area (Å²) < 4.78 is 0. The van der Waals surface area contributed by atoms with Gasteiger partial charge in [-0.3, -0.25) is 10.1 Å². The van der Waals surface area contributed by atoms with Crippen molar-refractivity contribution in [2.75, 3.05) is 24.5 Å². The zero-order valence-corrected chi connectivity index (χ0v) is 13.3. The summed E-state index contributed by atoms with van der Waals surface area (Å²) >= 11 is 6.04. The third kappa shape index (κ3) is 3.86. The molecule has 21 heavy (non-hydrogen) atoms. The van der Waals surface area contributed by atoms with E-state index in [9.17, 15) is 10.1 Å². The Morgan fingerprint density at radius 2 is 2.29 bits per heavy atom. The lowest BCUT2D eigenvalue weighted by Gasteiger charge is -2.34. The van der Waals surface area contributed by atoms with Gasteiger partial charge in [0.05, 0.1) is 4.92 Å². The van der Waals surface area contributed by atoms with Gasteiger partial charge in [-0.1, -0.05) is 17.7 Å². The van der Waals surface area contributed by atoms with E-state index in [2.05, 4.69) is 24.1 Å². The Morgan fingerprint density at radius 1 is 1.52 bits per heavy atom. The molecule has 0 aromatic heterocycles. The van der Waals surface area contributed by atoms with Crippen LogP contribution in [-0.4, -0.2) is 30.6 Å². The summed E-state index contributed by atoms with van der Waals surface area (Å²) in [5.41, 5.74) is 0.629. The SMILES string of the molecule is CC(C)N(CC1CCCNC1)c1cccc(Cl)c1[N+](=O)[O-]. The number of hydrogen-bond acceptors (Lipinski definition) is 4. The monoisotopic (exact) mass is 311 g/mol. The summed E-state index contributed by atoms with van der Waals surface area (Å²) in [4.78, 5) is 13.1. The zero-order valence-electron chi connectivity index (χ0n) is 12.5. The Hall–Kier alpha value is -1.33. The number of nitrogens with one attached hydrogen (secondary N) is 1. The summed E-state index contributed by atoms with van der Waals surface area (Å²) in [7, 11) is 0. The molecule has 0 bridgehead atoms.